The SMILES string of the molecule is Fc1ccccc1COc1ccc(/C=N\n2cnnc2)cc1Br. The number of aromatic nitrogens is 3. The zero-order chi connectivity index (χ0) is 16.1. The van der Waals surface area contributed by atoms with E-state index < -0.39 is 0 Å². The van der Waals surface area contributed by atoms with Gasteiger partial charge in [-0.15, -0.1) is 10.2 Å². The smallest absolute Gasteiger partial charge is 0.141 e. The molecule has 3 rings (SSSR count). The molecule has 0 aliphatic carbocycles. The van der Waals surface area contributed by atoms with Crippen LogP contribution in [0.15, 0.2) is 64.7 Å². The average Bonchev–Trinajstić information content (AvgIpc) is 3.07. The summed E-state index contributed by atoms with van der Waals surface area (Å²) in [7, 11) is 0. The van der Waals surface area contributed by atoms with Crippen LogP contribution in [0.5, 0.6) is 5.75 Å². The lowest BCUT2D eigenvalue weighted by atomic mass is 10.2. The number of benzene rings is 2. The molecule has 0 saturated heterocycles. The molecule has 0 atom stereocenters. The first-order valence-electron chi connectivity index (χ1n) is 6.77. The topological polar surface area (TPSA) is 52.3 Å². The van der Waals surface area contributed by atoms with Gasteiger partial charge in [-0.25, -0.2) is 9.07 Å². The van der Waals surface area contributed by atoms with Gasteiger partial charge in [0.05, 0.1) is 10.7 Å². The number of hydrogen-bond acceptors (Lipinski definition) is 4. The molecule has 0 aliphatic heterocycles. The average molecular weight is 375 g/mol. The highest BCUT2D eigenvalue weighted by atomic mass is 79.9. The zero-order valence-corrected chi connectivity index (χ0v) is 13.5. The van der Waals surface area contributed by atoms with Crippen LogP contribution in [0.2, 0.25) is 0 Å². The molecule has 0 amide bonds. The molecule has 7 heteroatoms. The quantitative estimate of drug-likeness (QED) is 0.640. The lowest BCUT2D eigenvalue weighted by Gasteiger charge is -2.09. The second kappa shape index (κ2) is 7.15. The third-order valence-electron chi connectivity index (χ3n) is 3.04. The normalized spacial score (nSPS) is 11.0. The van der Waals surface area contributed by atoms with E-state index in [1.165, 1.54) is 23.4 Å². The van der Waals surface area contributed by atoms with Crippen molar-refractivity contribution in [1.82, 2.24) is 14.9 Å². The maximum atomic E-state index is 13.6. The van der Waals surface area contributed by atoms with E-state index in [1.807, 2.05) is 12.1 Å². The maximum absolute atomic E-state index is 13.6. The van der Waals surface area contributed by atoms with Crippen LogP contribution in [0.3, 0.4) is 0 Å². The van der Waals surface area contributed by atoms with Crippen molar-refractivity contribution in [3.05, 3.63) is 76.5 Å². The molecule has 0 bridgehead atoms. The monoisotopic (exact) mass is 374 g/mol. The first-order valence-corrected chi connectivity index (χ1v) is 7.56. The highest BCUT2D eigenvalue weighted by Gasteiger charge is 2.05. The summed E-state index contributed by atoms with van der Waals surface area (Å²) in [6.07, 6.45) is 4.67. The molecular weight excluding hydrogens is 363 g/mol. The van der Waals surface area contributed by atoms with Crippen LogP contribution < -0.4 is 4.74 Å². The molecule has 5 nitrogen and oxygen atoms in total. The van der Waals surface area contributed by atoms with Crippen molar-refractivity contribution in [2.45, 2.75) is 6.61 Å². The minimum absolute atomic E-state index is 0.166. The van der Waals surface area contributed by atoms with Crippen molar-refractivity contribution in [1.29, 1.82) is 0 Å². The summed E-state index contributed by atoms with van der Waals surface area (Å²) < 4.78 is 21.5. The Labute approximate surface area is 140 Å². The van der Waals surface area contributed by atoms with Crippen molar-refractivity contribution in [3.8, 4) is 5.75 Å². The number of hydrogen-bond donors (Lipinski definition) is 0. The van der Waals surface area contributed by atoms with Crippen molar-refractivity contribution in [3.63, 3.8) is 0 Å². The van der Waals surface area contributed by atoms with Crippen molar-refractivity contribution in [2.75, 3.05) is 0 Å². The number of rotatable bonds is 5. The summed E-state index contributed by atoms with van der Waals surface area (Å²) >= 11 is 3.45. The third kappa shape index (κ3) is 4.01. The Morgan fingerprint density at radius 2 is 1.96 bits per heavy atom. The molecule has 0 radical (unpaired) electrons. The fraction of sp³-hybridized carbons (Fsp3) is 0.0625. The van der Waals surface area contributed by atoms with E-state index >= 15 is 0 Å². The summed E-state index contributed by atoms with van der Waals surface area (Å²) in [5.74, 6) is 0.357. The van der Waals surface area contributed by atoms with E-state index in [9.17, 15) is 4.39 Å². The first-order chi connectivity index (χ1) is 11.2. The van der Waals surface area contributed by atoms with Gasteiger partial charge in [-0.05, 0) is 45.8 Å². The molecule has 0 N–H and O–H groups in total. The van der Waals surface area contributed by atoms with Gasteiger partial charge < -0.3 is 4.74 Å². The lowest BCUT2D eigenvalue weighted by molar-refractivity contribution is 0.298. The van der Waals surface area contributed by atoms with Gasteiger partial charge in [0.15, 0.2) is 0 Å². The minimum atomic E-state index is -0.277. The number of ether oxygens (including phenoxy) is 1. The molecule has 0 saturated carbocycles. The van der Waals surface area contributed by atoms with E-state index in [2.05, 4.69) is 31.2 Å². The molecular formula is C16H12BrFN4O. The van der Waals surface area contributed by atoms with E-state index in [0.717, 1.165) is 10.0 Å². The summed E-state index contributed by atoms with van der Waals surface area (Å²) in [5, 5.41) is 11.5. The third-order valence-corrected chi connectivity index (χ3v) is 3.66. The van der Waals surface area contributed by atoms with Gasteiger partial charge in [-0.3, -0.25) is 0 Å². The van der Waals surface area contributed by atoms with Crippen LogP contribution in [-0.4, -0.2) is 21.1 Å². The minimum Gasteiger partial charge on any atom is -0.488 e. The predicted molar refractivity (Wildman–Crippen MR) is 87.9 cm³/mol. The summed E-state index contributed by atoms with van der Waals surface area (Å²) in [6, 6.07) is 12.1. The maximum Gasteiger partial charge on any atom is 0.141 e. The van der Waals surface area contributed by atoms with Gasteiger partial charge in [0, 0.05) is 5.56 Å². The summed E-state index contributed by atoms with van der Waals surface area (Å²) in [4.78, 5) is 0. The number of nitrogens with zero attached hydrogens (tertiary/aromatic N) is 4. The van der Waals surface area contributed by atoms with E-state index in [-0.39, 0.29) is 12.4 Å². The number of halogens is 2. The molecule has 2 aromatic carbocycles. The molecule has 3 aromatic rings. The van der Waals surface area contributed by atoms with Crippen LogP contribution in [0.4, 0.5) is 4.39 Å². The molecule has 1 aromatic heterocycles. The van der Waals surface area contributed by atoms with Crippen LogP contribution in [0.25, 0.3) is 0 Å². The molecule has 1 heterocycles. The van der Waals surface area contributed by atoms with Gasteiger partial charge >= 0.3 is 0 Å². The van der Waals surface area contributed by atoms with Crippen LogP contribution in [0, 0.1) is 5.82 Å². The molecule has 0 fully saturated rings. The van der Waals surface area contributed by atoms with Gasteiger partial charge in [0.1, 0.15) is 30.8 Å². The fourth-order valence-electron chi connectivity index (χ4n) is 1.87. The largest absolute Gasteiger partial charge is 0.488 e. The Bertz CT molecular complexity index is 821. The molecule has 0 aliphatic rings. The first kappa shape index (κ1) is 15.4. The van der Waals surface area contributed by atoms with Crippen LogP contribution in [-0.2, 0) is 6.61 Å². The van der Waals surface area contributed by atoms with Crippen LogP contribution in [0.1, 0.15) is 11.1 Å². The van der Waals surface area contributed by atoms with Crippen molar-refractivity contribution in [2.24, 2.45) is 5.10 Å². The highest BCUT2D eigenvalue weighted by molar-refractivity contribution is 9.10. The molecule has 23 heavy (non-hydrogen) atoms. The van der Waals surface area contributed by atoms with E-state index in [4.69, 9.17) is 4.74 Å². The summed E-state index contributed by atoms with van der Waals surface area (Å²) in [6.45, 7) is 0.166. The zero-order valence-electron chi connectivity index (χ0n) is 11.9. The molecule has 0 unspecified atom stereocenters. The van der Waals surface area contributed by atoms with Crippen molar-refractivity contribution < 1.29 is 9.13 Å². The Morgan fingerprint density at radius 3 is 2.70 bits per heavy atom. The second-order valence-electron chi connectivity index (χ2n) is 4.66. The Balaban J connectivity index is 1.68. The Kier molecular flexibility index (Phi) is 4.77. The predicted octanol–water partition coefficient (Wildman–Crippen LogP) is 3.64. The Morgan fingerprint density at radius 1 is 1.17 bits per heavy atom. The standard InChI is InChI=1S/C16H12BrFN4O/c17-14-7-12(8-21-22-10-19-20-11-22)5-6-16(14)23-9-13-3-1-2-4-15(13)18/h1-8,10-11H,9H2/b21-8-. The second-order valence-corrected chi connectivity index (χ2v) is 5.51. The van der Waals surface area contributed by atoms with E-state index in [1.54, 1.807) is 30.5 Å². The fourth-order valence-corrected chi connectivity index (χ4v) is 2.38. The van der Waals surface area contributed by atoms with Gasteiger partial charge in [-0.2, -0.15) is 5.10 Å². The van der Waals surface area contributed by atoms with Crippen molar-refractivity contribution >= 4 is 22.1 Å². The van der Waals surface area contributed by atoms with E-state index in [0.29, 0.717) is 11.3 Å². The van der Waals surface area contributed by atoms with Gasteiger partial charge in [0.25, 0.3) is 0 Å². The molecule has 0 spiro atoms. The highest BCUT2D eigenvalue weighted by Crippen LogP contribution is 2.26. The lowest BCUT2D eigenvalue weighted by Crippen LogP contribution is -1.99. The van der Waals surface area contributed by atoms with Gasteiger partial charge in [0.2, 0.25) is 0 Å². The van der Waals surface area contributed by atoms with Crippen LogP contribution >= 0.6 is 15.9 Å². The molecule has 116 valence electrons. The summed E-state index contributed by atoms with van der Waals surface area (Å²) in [5.41, 5.74) is 1.39. The Hall–Kier alpha value is -2.54. The van der Waals surface area contributed by atoms with Gasteiger partial charge in [-0.1, -0.05) is 18.2 Å².